The van der Waals surface area contributed by atoms with Crippen LogP contribution in [-0.4, -0.2) is 7.05 Å². The molecule has 6 aromatic rings. The lowest BCUT2D eigenvalue weighted by molar-refractivity contribution is 0.667. The Morgan fingerprint density at radius 2 is 0.976 bits per heavy atom. The molecule has 0 fully saturated rings. The molecule has 0 saturated heterocycles. The fraction of sp³-hybridized carbons (Fsp3) is 0.200. The van der Waals surface area contributed by atoms with E-state index in [9.17, 15) is 0 Å². The highest BCUT2D eigenvalue weighted by Crippen LogP contribution is 2.33. The van der Waals surface area contributed by atoms with Gasteiger partial charge in [-0.25, -0.2) is 0 Å². The van der Waals surface area contributed by atoms with Crippen molar-refractivity contribution in [1.82, 2.24) is 0 Å². The first kappa shape index (κ1) is 26.8. The minimum absolute atomic E-state index is 1.18. The quantitative estimate of drug-likeness (QED) is 0.132. The van der Waals surface area contributed by atoms with Crippen LogP contribution in [0.15, 0.2) is 121 Å². The standard InChI is InChI=1S/C40H39N/c1-4-5-6-7-8-30-11-21-37(22-12-30)41(3)38-23-17-32(18-24-38)34-20-26-40-36(28-34)16-15-35-27-33(19-25-39(35)40)31-13-9-29(2)10-14-31/h9-28H,4-8H2,1-3H3. The maximum absolute atomic E-state index is 2.32. The van der Waals surface area contributed by atoms with Crippen LogP contribution in [0.2, 0.25) is 0 Å². The van der Waals surface area contributed by atoms with Crippen LogP contribution in [-0.2, 0) is 6.42 Å². The van der Waals surface area contributed by atoms with Crippen LogP contribution in [0, 0.1) is 6.92 Å². The van der Waals surface area contributed by atoms with Crippen molar-refractivity contribution in [1.29, 1.82) is 0 Å². The van der Waals surface area contributed by atoms with Crippen LogP contribution in [0.5, 0.6) is 0 Å². The topological polar surface area (TPSA) is 3.24 Å². The number of aryl methyl sites for hydroxylation is 2. The van der Waals surface area contributed by atoms with Crippen LogP contribution in [0.3, 0.4) is 0 Å². The first-order chi connectivity index (χ1) is 20.1. The Kier molecular flexibility index (Phi) is 7.87. The third-order valence-electron chi connectivity index (χ3n) is 8.45. The number of unbranched alkanes of at least 4 members (excludes halogenated alkanes) is 3. The van der Waals surface area contributed by atoms with E-state index in [1.54, 1.807) is 0 Å². The number of fused-ring (bicyclic) bond motifs is 3. The minimum atomic E-state index is 1.18. The van der Waals surface area contributed by atoms with Crippen molar-refractivity contribution in [2.45, 2.75) is 46.0 Å². The molecule has 0 unspecified atom stereocenters. The van der Waals surface area contributed by atoms with Gasteiger partial charge in [0.25, 0.3) is 0 Å². The molecule has 0 aliphatic heterocycles. The highest BCUT2D eigenvalue weighted by Gasteiger charge is 2.08. The van der Waals surface area contributed by atoms with Gasteiger partial charge in [-0.15, -0.1) is 0 Å². The summed E-state index contributed by atoms with van der Waals surface area (Å²) in [5.41, 5.74) is 10.1. The number of nitrogens with zero attached hydrogens (tertiary/aromatic N) is 1. The Balaban J connectivity index is 1.19. The van der Waals surface area contributed by atoms with E-state index in [-0.39, 0.29) is 0 Å². The van der Waals surface area contributed by atoms with Gasteiger partial charge in [0.15, 0.2) is 0 Å². The summed E-state index contributed by atoms with van der Waals surface area (Å²) in [6, 6.07) is 45.0. The van der Waals surface area contributed by atoms with E-state index in [0.717, 1.165) is 0 Å². The van der Waals surface area contributed by atoms with E-state index in [1.165, 1.54) is 98.4 Å². The predicted molar refractivity (Wildman–Crippen MR) is 179 cm³/mol. The molecule has 0 atom stereocenters. The van der Waals surface area contributed by atoms with Gasteiger partial charge in [0, 0.05) is 18.4 Å². The van der Waals surface area contributed by atoms with Crippen molar-refractivity contribution in [2.24, 2.45) is 0 Å². The molecule has 0 N–H and O–H groups in total. The van der Waals surface area contributed by atoms with Crippen molar-refractivity contribution in [3.05, 3.63) is 132 Å². The Morgan fingerprint density at radius 3 is 1.51 bits per heavy atom. The Bertz CT molecular complexity index is 1760. The molecule has 0 amide bonds. The van der Waals surface area contributed by atoms with Crippen molar-refractivity contribution in [2.75, 3.05) is 11.9 Å². The fourth-order valence-electron chi connectivity index (χ4n) is 5.85. The number of hydrogen-bond donors (Lipinski definition) is 0. The fourth-order valence-corrected chi connectivity index (χ4v) is 5.85. The summed E-state index contributed by atoms with van der Waals surface area (Å²) in [6.45, 7) is 4.40. The SMILES string of the molecule is CCCCCCc1ccc(N(C)c2ccc(-c3ccc4c(ccc5cc(-c6ccc(C)cc6)ccc54)c3)cc2)cc1. The lowest BCUT2D eigenvalue weighted by Crippen LogP contribution is -2.09. The van der Waals surface area contributed by atoms with E-state index in [2.05, 4.69) is 147 Å². The van der Waals surface area contributed by atoms with Crippen molar-refractivity contribution in [3.8, 4) is 22.3 Å². The second-order valence-corrected chi connectivity index (χ2v) is 11.4. The molecule has 0 bridgehead atoms. The van der Waals surface area contributed by atoms with E-state index in [1.807, 2.05) is 0 Å². The van der Waals surface area contributed by atoms with Crippen LogP contribution >= 0.6 is 0 Å². The maximum Gasteiger partial charge on any atom is 0.0408 e. The van der Waals surface area contributed by atoms with E-state index in [0.29, 0.717) is 0 Å². The average molecular weight is 534 g/mol. The smallest absolute Gasteiger partial charge is 0.0408 e. The predicted octanol–water partition coefficient (Wildman–Crippen LogP) is 11.5. The summed E-state index contributed by atoms with van der Waals surface area (Å²) < 4.78 is 0. The minimum Gasteiger partial charge on any atom is -0.345 e. The number of anilines is 2. The van der Waals surface area contributed by atoms with Crippen LogP contribution in [0.25, 0.3) is 43.8 Å². The van der Waals surface area contributed by atoms with Crippen molar-refractivity contribution in [3.63, 3.8) is 0 Å². The average Bonchev–Trinajstić information content (AvgIpc) is 3.03. The molecule has 0 aliphatic carbocycles. The second kappa shape index (κ2) is 12.0. The van der Waals surface area contributed by atoms with Gasteiger partial charge < -0.3 is 4.90 Å². The molecule has 6 aromatic carbocycles. The van der Waals surface area contributed by atoms with Gasteiger partial charge in [0.1, 0.15) is 0 Å². The zero-order valence-electron chi connectivity index (χ0n) is 24.5. The van der Waals surface area contributed by atoms with Crippen LogP contribution < -0.4 is 4.90 Å². The molecule has 0 spiro atoms. The molecule has 0 radical (unpaired) electrons. The summed E-state index contributed by atoms with van der Waals surface area (Å²) >= 11 is 0. The third kappa shape index (κ3) is 5.91. The zero-order valence-corrected chi connectivity index (χ0v) is 24.5. The van der Waals surface area contributed by atoms with Crippen molar-refractivity contribution < 1.29 is 0 Å². The number of rotatable bonds is 9. The van der Waals surface area contributed by atoms with Gasteiger partial charge in [-0.05, 0) is 106 Å². The van der Waals surface area contributed by atoms with E-state index in [4.69, 9.17) is 0 Å². The van der Waals surface area contributed by atoms with Crippen LogP contribution in [0.1, 0.15) is 43.7 Å². The highest BCUT2D eigenvalue weighted by molar-refractivity contribution is 6.09. The molecule has 1 nitrogen and oxygen atoms in total. The first-order valence-electron chi connectivity index (χ1n) is 15.1. The summed E-state index contributed by atoms with van der Waals surface area (Å²) in [6.07, 6.45) is 6.41. The largest absolute Gasteiger partial charge is 0.345 e. The molecule has 0 aromatic heterocycles. The highest BCUT2D eigenvalue weighted by atomic mass is 15.1. The molecule has 1 heteroatoms. The molecule has 0 saturated carbocycles. The summed E-state index contributed by atoms with van der Waals surface area (Å²) in [5.74, 6) is 0. The van der Waals surface area contributed by atoms with Gasteiger partial charge >= 0.3 is 0 Å². The van der Waals surface area contributed by atoms with E-state index >= 15 is 0 Å². The summed E-state index contributed by atoms with van der Waals surface area (Å²) in [4.78, 5) is 2.27. The Labute approximate surface area is 245 Å². The number of benzene rings is 6. The normalized spacial score (nSPS) is 11.3. The van der Waals surface area contributed by atoms with Gasteiger partial charge in [-0.1, -0.05) is 117 Å². The van der Waals surface area contributed by atoms with Gasteiger partial charge in [-0.3, -0.25) is 0 Å². The molecule has 0 heterocycles. The van der Waals surface area contributed by atoms with Crippen molar-refractivity contribution >= 4 is 32.9 Å². The monoisotopic (exact) mass is 533 g/mol. The Morgan fingerprint density at radius 1 is 0.488 bits per heavy atom. The lowest BCUT2D eigenvalue weighted by Gasteiger charge is -2.20. The molecule has 41 heavy (non-hydrogen) atoms. The Hall–Kier alpha value is -4.36. The van der Waals surface area contributed by atoms with Gasteiger partial charge in [-0.2, -0.15) is 0 Å². The molecular formula is C40H39N. The molecule has 6 rings (SSSR count). The number of hydrogen-bond acceptors (Lipinski definition) is 1. The lowest BCUT2D eigenvalue weighted by atomic mass is 9.95. The molecular weight excluding hydrogens is 494 g/mol. The van der Waals surface area contributed by atoms with E-state index < -0.39 is 0 Å². The molecule has 0 aliphatic rings. The summed E-state index contributed by atoms with van der Waals surface area (Å²) in [7, 11) is 2.15. The zero-order chi connectivity index (χ0) is 28.2. The summed E-state index contributed by atoms with van der Waals surface area (Å²) in [5, 5.41) is 5.15. The van der Waals surface area contributed by atoms with Gasteiger partial charge in [0.2, 0.25) is 0 Å². The van der Waals surface area contributed by atoms with Gasteiger partial charge in [0.05, 0.1) is 0 Å². The third-order valence-corrected chi connectivity index (χ3v) is 8.45. The maximum atomic E-state index is 2.32. The second-order valence-electron chi connectivity index (χ2n) is 11.4. The molecule has 204 valence electrons. The van der Waals surface area contributed by atoms with Crippen LogP contribution in [0.4, 0.5) is 11.4 Å². The first-order valence-corrected chi connectivity index (χ1v) is 15.1.